The quantitative estimate of drug-likeness (QED) is 0.656. The number of aromatic amines is 1. The first-order valence-electron chi connectivity index (χ1n) is 7.90. The Morgan fingerprint density at radius 3 is 3.04 bits per heavy atom. The highest BCUT2D eigenvalue weighted by molar-refractivity contribution is 7.99. The molecular weight excluding hydrogens is 330 g/mol. The third kappa shape index (κ3) is 3.61. The molecule has 0 bridgehead atoms. The number of hydrogen-bond donors (Lipinski definition) is 2. The molecule has 7 heteroatoms. The number of amides is 1. The lowest BCUT2D eigenvalue weighted by atomic mass is 9.89. The number of rotatable bonds is 4. The molecule has 1 atom stereocenters. The zero-order valence-electron chi connectivity index (χ0n) is 13.6. The zero-order chi connectivity index (χ0) is 16.6. The van der Waals surface area contributed by atoms with E-state index in [0.717, 1.165) is 29.5 Å². The molecule has 0 saturated heterocycles. The summed E-state index contributed by atoms with van der Waals surface area (Å²) in [5, 5.41) is 4.11. The van der Waals surface area contributed by atoms with Crippen LogP contribution in [-0.2, 0) is 17.6 Å². The molecular formula is C16H21N3O2S2. The molecule has 2 N–H and O–H groups in total. The summed E-state index contributed by atoms with van der Waals surface area (Å²) in [4.78, 5) is 33.7. The average Bonchev–Trinajstić information content (AvgIpc) is 2.82. The molecule has 5 nitrogen and oxygen atoms in total. The largest absolute Gasteiger partial charge is 0.353 e. The summed E-state index contributed by atoms with van der Waals surface area (Å²) in [5.41, 5.74) is 1.11. The molecule has 0 unspecified atom stereocenters. The van der Waals surface area contributed by atoms with Crippen molar-refractivity contribution in [3.8, 4) is 0 Å². The van der Waals surface area contributed by atoms with Crippen LogP contribution in [0.1, 0.15) is 37.6 Å². The molecule has 2 heterocycles. The highest BCUT2D eigenvalue weighted by Gasteiger charge is 2.23. The summed E-state index contributed by atoms with van der Waals surface area (Å²) in [6, 6.07) is 0.114. The van der Waals surface area contributed by atoms with Crippen LogP contribution in [-0.4, -0.2) is 27.7 Å². The molecule has 0 saturated carbocycles. The fraction of sp³-hybridized carbons (Fsp3) is 0.562. The molecule has 1 aliphatic rings. The van der Waals surface area contributed by atoms with Crippen molar-refractivity contribution in [1.82, 2.24) is 15.3 Å². The Bertz CT molecular complexity index is 794. The van der Waals surface area contributed by atoms with Crippen LogP contribution in [0, 0.1) is 5.92 Å². The number of carbonyl (C=O) groups is 1. The molecule has 1 amide bonds. The highest BCUT2D eigenvalue weighted by atomic mass is 32.2. The number of H-pyrrole nitrogens is 1. The van der Waals surface area contributed by atoms with Crippen LogP contribution in [0.2, 0.25) is 0 Å². The first kappa shape index (κ1) is 16.5. The van der Waals surface area contributed by atoms with Crippen molar-refractivity contribution >= 4 is 39.2 Å². The topological polar surface area (TPSA) is 74.8 Å². The van der Waals surface area contributed by atoms with Gasteiger partial charge in [-0.25, -0.2) is 4.98 Å². The Morgan fingerprint density at radius 2 is 2.30 bits per heavy atom. The van der Waals surface area contributed by atoms with E-state index in [1.54, 1.807) is 11.3 Å². The van der Waals surface area contributed by atoms with Crippen molar-refractivity contribution in [1.29, 1.82) is 0 Å². The number of aromatic nitrogens is 2. The summed E-state index contributed by atoms with van der Waals surface area (Å²) >= 11 is 2.91. The summed E-state index contributed by atoms with van der Waals surface area (Å²) in [5.74, 6) is 0.879. The van der Waals surface area contributed by atoms with Crippen LogP contribution >= 0.6 is 23.1 Å². The number of nitrogens with zero attached hydrogens (tertiary/aromatic N) is 1. The monoisotopic (exact) mass is 351 g/mol. The number of carbonyl (C=O) groups excluding carboxylic acids is 1. The maximum atomic E-state index is 12.4. The molecule has 23 heavy (non-hydrogen) atoms. The van der Waals surface area contributed by atoms with E-state index in [2.05, 4.69) is 22.2 Å². The second-order valence-corrected chi connectivity index (χ2v) is 8.46. The van der Waals surface area contributed by atoms with Crippen LogP contribution in [0.25, 0.3) is 10.2 Å². The number of fused-ring (bicyclic) bond motifs is 3. The van der Waals surface area contributed by atoms with Gasteiger partial charge < -0.3 is 10.3 Å². The molecule has 0 spiro atoms. The molecule has 0 radical (unpaired) electrons. The lowest BCUT2D eigenvalue weighted by Gasteiger charge is -2.17. The van der Waals surface area contributed by atoms with Crippen molar-refractivity contribution in [3.05, 3.63) is 20.8 Å². The number of thiophene rings is 1. The third-order valence-electron chi connectivity index (χ3n) is 3.93. The zero-order valence-corrected chi connectivity index (χ0v) is 15.2. The molecule has 124 valence electrons. The van der Waals surface area contributed by atoms with Gasteiger partial charge in [0, 0.05) is 10.9 Å². The van der Waals surface area contributed by atoms with Crippen LogP contribution < -0.4 is 10.9 Å². The second kappa shape index (κ2) is 6.65. The highest BCUT2D eigenvalue weighted by Crippen LogP contribution is 2.36. The predicted octanol–water partition coefficient (Wildman–Crippen LogP) is 2.73. The minimum Gasteiger partial charge on any atom is -0.353 e. The second-order valence-electron chi connectivity index (χ2n) is 6.41. The summed E-state index contributed by atoms with van der Waals surface area (Å²) in [7, 11) is 0. The van der Waals surface area contributed by atoms with Gasteiger partial charge in [0.2, 0.25) is 5.91 Å². The standard InChI is InChI=1S/C16H21N3O2S2/c1-8(2)17-12(20)7-22-16-18-14(21)13-10-5-4-9(3)6-11(10)23-15(13)19-16/h8-9H,4-7H2,1-3H3,(H,17,20)(H,18,19,21)/t9-/m1/s1. The van der Waals surface area contributed by atoms with Crippen molar-refractivity contribution in [2.24, 2.45) is 5.92 Å². The van der Waals surface area contributed by atoms with E-state index in [-0.39, 0.29) is 23.3 Å². The Morgan fingerprint density at radius 1 is 1.52 bits per heavy atom. The maximum absolute atomic E-state index is 12.4. The normalized spacial score (nSPS) is 17.5. The predicted molar refractivity (Wildman–Crippen MR) is 95.4 cm³/mol. The first-order chi connectivity index (χ1) is 10.9. The number of thioether (sulfide) groups is 1. The van der Waals surface area contributed by atoms with Gasteiger partial charge >= 0.3 is 0 Å². The summed E-state index contributed by atoms with van der Waals surface area (Å²) < 4.78 is 0. The summed E-state index contributed by atoms with van der Waals surface area (Å²) in [6.07, 6.45) is 3.13. The fourth-order valence-electron chi connectivity index (χ4n) is 2.89. The molecule has 2 aromatic rings. The molecule has 3 rings (SSSR count). The van der Waals surface area contributed by atoms with Gasteiger partial charge in [0.1, 0.15) is 4.83 Å². The molecule has 2 aromatic heterocycles. The van der Waals surface area contributed by atoms with Gasteiger partial charge in [-0.1, -0.05) is 18.7 Å². The van der Waals surface area contributed by atoms with E-state index in [1.807, 2.05) is 13.8 Å². The Kier molecular flexibility index (Phi) is 4.77. The lowest BCUT2D eigenvalue weighted by molar-refractivity contribution is -0.119. The SMILES string of the molecule is CC(C)NC(=O)CSc1nc2sc3c(c2c(=O)[nH]1)CC[C@@H](C)C3. The minimum atomic E-state index is -0.0752. The van der Waals surface area contributed by atoms with Gasteiger partial charge in [-0.2, -0.15) is 0 Å². The van der Waals surface area contributed by atoms with E-state index in [9.17, 15) is 9.59 Å². The van der Waals surface area contributed by atoms with E-state index in [1.165, 1.54) is 22.2 Å². The smallest absolute Gasteiger partial charge is 0.260 e. The number of nitrogens with one attached hydrogen (secondary N) is 2. The average molecular weight is 351 g/mol. The molecule has 0 aliphatic heterocycles. The maximum Gasteiger partial charge on any atom is 0.260 e. The fourth-order valence-corrected chi connectivity index (χ4v) is 5.01. The van der Waals surface area contributed by atoms with E-state index < -0.39 is 0 Å². The number of aryl methyl sites for hydroxylation is 1. The Labute approximate surface area is 143 Å². The van der Waals surface area contributed by atoms with Crippen molar-refractivity contribution in [2.75, 3.05) is 5.75 Å². The lowest BCUT2D eigenvalue weighted by Crippen LogP contribution is -2.31. The van der Waals surface area contributed by atoms with Gasteiger partial charge in [-0.05, 0) is 44.6 Å². The molecule has 1 aliphatic carbocycles. The van der Waals surface area contributed by atoms with Gasteiger partial charge in [-0.15, -0.1) is 11.3 Å². The summed E-state index contributed by atoms with van der Waals surface area (Å²) in [6.45, 7) is 6.09. The van der Waals surface area contributed by atoms with Gasteiger partial charge in [0.15, 0.2) is 5.16 Å². The van der Waals surface area contributed by atoms with E-state index in [0.29, 0.717) is 11.1 Å². The van der Waals surface area contributed by atoms with Gasteiger partial charge in [0.05, 0.1) is 11.1 Å². The first-order valence-corrected chi connectivity index (χ1v) is 9.71. The van der Waals surface area contributed by atoms with E-state index >= 15 is 0 Å². The molecule has 0 aromatic carbocycles. The van der Waals surface area contributed by atoms with Crippen LogP contribution in [0.4, 0.5) is 0 Å². The van der Waals surface area contributed by atoms with Gasteiger partial charge in [0.25, 0.3) is 5.56 Å². The number of hydrogen-bond acceptors (Lipinski definition) is 5. The van der Waals surface area contributed by atoms with Crippen LogP contribution in [0.5, 0.6) is 0 Å². The third-order valence-corrected chi connectivity index (χ3v) is 5.95. The van der Waals surface area contributed by atoms with Crippen LogP contribution in [0.3, 0.4) is 0 Å². The van der Waals surface area contributed by atoms with Crippen molar-refractivity contribution < 1.29 is 4.79 Å². The molecule has 0 fully saturated rings. The minimum absolute atomic E-state index is 0.0490. The Balaban J connectivity index is 1.84. The van der Waals surface area contributed by atoms with Crippen LogP contribution in [0.15, 0.2) is 9.95 Å². The van der Waals surface area contributed by atoms with Crippen molar-refractivity contribution in [3.63, 3.8) is 0 Å². The van der Waals surface area contributed by atoms with Gasteiger partial charge in [-0.3, -0.25) is 9.59 Å². The van der Waals surface area contributed by atoms with E-state index in [4.69, 9.17) is 0 Å². The Hall–Kier alpha value is -1.34. The van der Waals surface area contributed by atoms with Crippen molar-refractivity contribution in [2.45, 2.75) is 51.2 Å².